The number of aliphatic hydroxyl groups excluding tert-OH is 1. The lowest BCUT2D eigenvalue weighted by Gasteiger charge is -2.26. The minimum Gasteiger partial charge on any atom is -0.478 e. The molecular formula is C14H19NO5S. The molecule has 1 aliphatic rings. The maximum Gasteiger partial charge on any atom is 0.335 e. The van der Waals surface area contributed by atoms with Gasteiger partial charge in [0.25, 0.3) is 0 Å². The monoisotopic (exact) mass is 313 g/mol. The number of carboxylic acids is 1. The molecule has 0 heterocycles. The second-order valence-corrected chi connectivity index (χ2v) is 7.29. The van der Waals surface area contributed by atoms with Gasteiger partial charge in [0, 0.05) is 18.6 Å². The fraction of sp³-hybridized carbons (Fsp3) is 0.500. The normalized spacial score (nSPS) is 17.8. The minimum absolute atomic E-state index is 0.0265. The van der Waals surface area contributed by atoms with Gasteiger partial charge in [-0.05, 0) is 37.1 Å². The maximum absolute atomic E-state index is 12.2. The van der Waals surface area contributed by atoms with Crippen LogP contribution >= 0.6 is 0 Å². The molecule has 1 saturated carbocycles. The van der Waals surface area contributed by atoms with Crippen LogP contribution < -0.4 is 4.72 Å². The molecule has 0 aromatic heterocycles. The Kier molecular flexibility index (Phi) is 4.65. The van der Waals surface area contributed by atoms with Gasteiger partial charge in [-0.25, -0.2) is 17.9 Å². The first-order chi connectivity index (χ1) is 9.88. The van der Waals surface area contributed by atoms with E-state index in [-0.39, 0.29) is 29.0 Å². The van der Waals surface area contributed by atoms with Crippen molar-refractivity contribution in [2.45, 2.75) is 30.6 Å². The summed E-state index contributed by atoms with van der Waals surface area (Å²) in [5.41, 5.74) is -0.328. The van der Waals surface area contributed by atoms with Crippen LogP contribution in [0, 0.1) is 5.41 Å². The Morgan fingerprint density at radius 1 is 1.19 bits per heavy atom. The number of rotatable bonds is 6. The fourth-order valence-corrected chi connectivity index (χ4v) is 3.78. The van der Waals surface area contributed by atoms with Crippen LogP contribution in [-0.2, 0) is 10.0 Å². The quantitative estimate of drug-likeness (QED) is 0.732. The lowest BCUT2D eigenvalue weighted by atomic mass is 9.88. The third-order valence-corrected chi connectivity index (χ3v) is 5.47. The van der Waals surface area contributed by atoms with Gasteiger partial charge in [-0.2, -0.15) is 0 Å². The number of sulfonamides is 1. The number of carbonyl (C=O) groups is 1. The van der Waals surface area contributed by atoms with Crippen molar-refractivity contribution in [3.8, 4) is 0 Å². The molecule has 21 heavy (non-hydrogen) atoms. The Hall–Kier alpha value is -1.44. The molecule has 0 spiro atoms. The molecule has 0 aliphatic heterocycles. The van der Waals surface area contributed by atoms with Gasteiger partial charge >= 0.3 is 5.97 Å². The van der Waals surface area contributed by atoms with E-state index in [9.17, 15) is 18.3 Å². The zero-order valence-corrected chi connectivity index (χ0v) is 12.4. The van der Waals surface area contributed by atoms with E-state index in [1.807, 2.05) is 0 Å². The molecular weight excluding hydrogens is 294 g/mol. The van der Waals surface area contributed by atoms with Crippen molar-refractivity contribution in [2.24, 2.45) is 5.41 Å². The predicted octanol–water partition coefficient (Wildman–Crippen LogP) is 1.22. The van der Waals surface area contributed by atoms with E-state index in [4.69, 9.17) is 5.11 Å². The van der Waals surface area contributed by atoms with Crippen LogP contribution in [-0.4, -0.2) is 37.8 Å². The SMILES string of the molecule is O=C(O)c1ccc(S(=O)(=O)NCC2(CO)CCCC2)cc1. The zero-order chi connectivity index (χ0) is 15.5. The number of hydrogen-bond donors (Lipinski definition) is 3. The fourth-order valence-electron chi connectivity index (χ4n) is 2.62. The van der Waals surface area contributed by atoms with E-state index in [0.717, 1.165) is 25.7 Å². The van der Waals surface area contributed by atoms with E-state index in [1.54, 1.807) is 0 Å². The van der Waals surface area contributed by atoms with Crippen LogP contribution in [0.2, 0.25) is 0 Å². The molecule has 0 radical (unpaired) electrons. The Balaban J connectivity index is 2.09. The number of hydrogen-bond acceptors (Lipinski definition) is 4. The van der Waals surface area contributed by atoms with Gasteiger partial charge in [0.1, 0.15) is 0 Å². The highest BCUT2D eigenvalue weighted by molar-refractivity contribution is 7.89. The highest BCUT2D eigenvalue weighted by Gasteiger charge is 2.34. The van der Waals surface area contributed by atoms with E-state index in [0.29, 0.717) is 0 Å². The first kappa shape index (κ1) is 15.9. The maximum atomic E-state index is 12.2. The summed E-state index contributed by atoms with van der Waals surface area (Å²) in [6.07, 6.45) is 3.61. The standard InChI is InChI=1S/C14H19NO5S/c16-10-14(7-1-2-8-14)9-15-21(19,20)12-5-3-11(4-6-12)13(17)18/h3-6,15-16H,1-2,7-10H2,(H,17,18). The molecule has 2 rings (SSSR count). The van der Waals surface area contributed by atoms with E-state index >= 15 is 0 Å². The van der Waals surface area contributed by atoms with Gasteiger partial charge in [0.2, 0.25) is 10.0 Å². The van der Waals surface area contributed by atoms with E-state index in [2.05, 4.69) is 4.72 Å². The van der Waals surface area contributed by atoms with Gasteiger partial charge in [-0.3, -0.25) is 0 Å². The van der Waals surface area contributed by atoms with Crippen LogP contribution in [0.3, 0.4) is 0 Å². The number of aliphatic hydroxyl groups is 1. The Morgan fingerprint density at radius 3 is 2.24 bits per heavy atom. The van der Waals surface area contributed by atoms with Gasteiger partial charge < -0.3 is 10.2 Å². The van der Waals surface area contributed by atoms with Gasteiger partial charge in [0.05, 0.1) is 10.5 Å². The van der Waals surface area contributed by atoms with Crippen LogP contribution in [0.5, 0.6) is 0 Å². The zero-order valence-electron chi connectivity index (χ0n) is 11.6. The summed E-state index contributed by atoms with van der Waals surface area (Å²) in [5.74, 6) is -1.10. The molecule has 1 aromatic rings. The van der Waals surface area contributed by atoms with Crippen molar-refractivity contribution in [3.63, 3.8) is 0 Å². The van der Waals surface area contributed by atoms with Crippen molar-refractivity contribution in [1.29, 1.82) is 0 Å². The molecule has 0 amide bonds. The van der Waals surface area contributed by atoms with Crippen LogP contribution in [0.1, 0.15) is 36.0 Å². The molecule has 1 fully saturated rings. The predicted molar refractivity (Wildman–Crippen MR) is 76.6 cm³/mol. The summed E-state index contributed by atoms with van der Waals surface area (Å²) in [7, 11) is -3.69. The number of aromatic carboxylic acids is 1. The van der Waals surface area contributed by atoms with Gasteiger partial charge in [-0.15, -0.1) is 0 Å². The second-order valence-electron chi connectivity index (χ2n) is 5.52. The largest absolute Gasteiger partial charge is 0.478 e. The van der Waals surface area contributed by atoms with Crippen molar-refractivity contribution in [3.05, 3.63) is 29.8 Å². The summed E-state index contributed by atoms with van der Waals surface area (Å²) in [6, 6.07) is 5.06. The molecule has 3 N–H and O–H groups in total. The van der Waals surface area contributed by atoms with Crippen LogP contribution in [0.15, 0.2) is 29.2 Å². The first-order valence-corrected chi connectivity index (χ1v) is 8.31. The topological polar surface area (TPSA) is 104 Å². The highest BCUT2D eigenvalue weighted by Crippen LogP contribution is 2.37. The lowest BCUT2D eigenvalue weighted by Crippen LogP contribution is -2.38. The second kappa shape index (κ2) is 6.13. The summed E-state index contributed by atoms with van der Waals surface area (Å²) in [5, 5.41) is 18.3. The highest BCUT2D eigenvalue weighted by atomic mass is 32.2. The molecule has 1 aromatic carbocycles. The summed E-state index contributed by atoms with van der Waals surface area (Å²) >= 11 is 0. The van der Waals surface area contributed by atoms with Crippen LogP contribution in [0.25, 0.3) is 0 Å². The van der Waals surface area contributed by atoms with Crippen molar-refractivity contribution >= 4 is 16.0 Å². The molecule has 0 bridgehead atoms. The lowest BCUT2D eigenvalue weighted by molar-refractivity contribution is 0.0696. The minimum atomic E-state index is -3.69. The number of benzene rings is 1. The Morgan fingerprint density at radius 2 is 1.76 bits per heavy atom. The number of carboxylic acid groups (broad SMARTS) is 1. The van der Waals surface area contributed by atoms with E-state index < -0.39 is 16.0 Å². The van der Waals surface area contributed by atoms with Gasteiger partial charge in [-0.1, -0.05) is 12.8 Å². The molecule has 0 saturated heterocycles. The van der Waals surface area contributed by atoms with Crippen molar-refractivity contribution < 1.29 is 23.4 Å². The summed E-state index contributed by atoms with van der Waals surface area (Å²) in [6.45, 7) is 0.167. The van der Waals surface area contributed by atoms with Crippen molar-refractivity contribution in [2.75, 3.05) is 13.2 Å². The van der Waals surface area contributed by atoms with Crippen molar-refractivity contribution in [1.82, 2.24) is 4.72 Å². The Bertz CT molecular complexity index is 603. The molecule has 116 valence electrons. The third kappa shape index (κ3) is 3.61. The first-order valence-electron chi connectivity index (χ1n) is 6.82. The van der Waals surface area contributed by atoms with Crippen LogP contribution in [0.4, 0.5) is 0 Å². The molecule has 0 unspecified atom stereocenters. The summed E-state index contributed by atoms with van der Waals surface area (Å²) < 4.78 is 26.9. The Labute approximate surface area is 123 Å². The molecule has 6 nitrogen and oxygen atoms in total. The average molecular weight is 313 g/mol. The van der Waals surface area contributed by atoms with E-state index in [1.165, 1.54) is 24.3 Å². The third-order valence-electron chi connectivity index (χ3n) is 4.05. The molecule has 1 aliphatic carbocycles. The van der Waals surface area contributed by atoms with Gasteiger partial charge in [0.15, 0.2) is 0 Å². The number of nitrogens with one attached hydrogen (secondary N) is 1. The summed E-state index contributed by atoms with van der Waals surface area (Å²) in [4.78, 5) is 10.8. The smallest absolute Gasteiger partial charge is 0.335 e. The average Bonchev–Trinajstić information content (AvgIpc) is 2.95. The molecule has 7 heteroatoms. The molecule has 0 atom stereocenters.